The predicted octanol–water partition coefficient (Wildman–Crippen LogP) is 2.64. The van der Waals surface area contributed by atoms with Crippen LogP contribution < -0.4 is 0 Å². The first-order valence-electron chi connectivity index (χ1n) is 5.76. The molecule has 1 aromatic rings. The topological polar surface area (TPSA) is 35.5 Å². The molecule has 90 valence electrons. The second-order valence-electron chi connectivity index (χ2n) is 3.99. The van der Waals surface area contributed by atoms with Crippen molar-refractivity contribution < 1.29 is 14.3 Å². The molecule has 0 spiro atoms. The quantitative estimate of drug-likeness (QED) is 0.751. The first-order valence-corrected chi connectivity index (χ1v) is 5.76. The van der Waals surface area contributed by atoms with E-state index in [9.17, 15) is 4.79 Å². The largest absolute Gasteiger partial charge is 0.466 e. The Kier molecular flexibility index (Phi) is 3.59. The molecule has 0 saturated carbocycles. The third-order valence-corrected chi connectivity index (χ3v) is 2.88. The average molecular weight is 232 g/mol. The highest BCUT2D eigenvalue weighted by atomic mass is 16.5. The summed E-state index contributed by atoms with van der Waals surface area (Å²) < 4.78 is 10.6. The van der Waals surface area contributed by atoms with Crippen LogP contribution in [0, 0.1) is 0 Å². The van der Waals surface area contributed by atoms with E-state index in [4.69, 9.17) is 9.47 Å². The van der Waals surface area contributed by atoms with Gasteiger partial charge in [0.2, 0.25) is 0 Å². The number of hydrogen-bond donors (Lipinski definition) is 0. The molecule has 1 aliphatic rings. The molecule has 0 N–H and O–H groups in total. The molecule has 2 atom stereocenters. The summed E-state index contributed by atoms with van der Waals surface area (Å²) in [5.74, 6) is -0.310. The molecule has 0 amide bonds. The Balaban J connectivity index is 2.29. The lowest BCUT2D eigenvalue weighted by atomic mass is 10.0. The molecule has 2 rings (SSSR count). The molecule has 3 nitrogen and oxygen atoms in total. The maximum atomic E-state index is 11.7. The first-order chi connectivity index (χ1) is 8.26. The van der Waals surface area contributed by atoms with Crippen LogP contribution in [-0.4, -0.2) is 19.2 Å². The lowest BCUT2D eigenvalue weighted by Gasteiger charge is -2.15. The predicted molar refractivity (Wildman–Crippen MR) is 64.4 cm³/mol. The smallest absolute Gasteiger partial charge is 0.336 e. The summed E-state index contributed by atoms with van der Waals surface area (Å²) in [5.41, 5.74) is 1.59. The van der Waals surface area contributed by atoms with Crippen molar-refractivity contribution in [3.05, 3.63) is 47.5 Å². The van der Waals surface area contributed by atoms with Gasteiger partial charge >= 0.3 is 5.97 Å². The van der Waals surface area contributed by atoms with Crippen molar-refractivity contribution >= 4 is 5.97 Å². The van der Waals surface area contributed by atoms with E-state index in [0.717, 1.165) is 12.0 Å². The second-order valence-corrected chi connectivity index (χ2v) is 3.99. The first kappa shape index (κ1) is 11.9. The molecular weight excluding hydrogens is 216 g/mol. The molecule has 1 aliphatic heterocycles. The summed E-state index contributed by atoms with van der Waals surface area (Å²) in [6.45, 7) is 2.03. The highest BCUT2D eigenvalue weighted by Gasteiger charge is 2.32. The summed E-state index contributed by atoms with van der Waals surface area (Å²) in [5, 5.41) is 0. The highest BCUT2D eigenvalue weighted by molar-refractivity contribution is 5.90. The molecule has 0 aromatic heterocycles. The average Bonchev–Trinajstić information content (AvgIpc) is 2.83. The van der Waals surface area contributed by atoms with Crippen molar-refractivity contribution in [1.82, 2.24) is 0 Å². The van der Waals surface area contributed by atoms with Crippen molar-refractivity contribution in [1.29, 1.82) is 0 Å². The molecule has 1 heterocycles. The van der Waals surface area contributed by atoms with Gasteiger partial charge in [-0.25, -0.2) is 4.79 Å². The Morgan fingerprint density at radius 2 is 2.06 bits per heavy atom. The van der Waals surface area contributed by atoms with Gasteiger partial charge in [-0.3, -0.25) is 0 Å². The van der Waals surface area contributed by atoms with E-state index in [-0.39, 0.29) is 18.2 Å². The fraction of sp³-hybridized carbons (Fsp3) is 0.357. The van der Waals surface area contributed by atoms with Gasteiger partial charge in [-0.15, -0.1) is 0 Å². The number of esters is 1. The van der Waals surface area contributed by atoms with Crippen molar-refractivity contribution in [3.8, 4) is 0 Å². The second kappa shape index (κ2) is 5.15. The highest BCUT2D eigenvalue weighted by Crippen LogP contribution is 2.34. The van der Waals surface area contributed by atoms with E-state index in [1.54, 1.807) is 0 Å². The van der Waals surface area contributed by atoms with Gasteiger partial charge in [-0.1, -0.05) is 37.3 Å². The van der Waals surface area contributed by atoms with Gasteiger partial charge < -0.3 is 9.47 Å². The SMILES string of the molecule is CC[C@@H]1C=C(C(=O)OC)[C@H](c2ccccc2)O1. The van der Waals surface area contributed by atoms with Crippen LogP contribution in [0.2, 0.25) is 0 Å². The van der Waals surface area contributed by atoms with Crippen LogP contribution in [0.4, 0.5) is 0 Å². The summed E-state index contributed by atoms with van der Waals surface area (Å²) in [6.07, 6.45) is 2.41. The van der Waals surface area contributed by atoms with Crippen molar-refractivity contribution in [2.75, 3.05) is 7.11 Å². The van der Waals surface area contributed by atoms with E-state index in [0.29, 0.717) is 5.57 Å². The zero-order valence-electron chi connectivity index (χ0n) is 10.1. The molecule has 0 fully saturated rings. The maximum absolute atomic E-state index is 11.7. The van der Waals surface area contributed by atoms with Crippen LogP contribution in [0.25, 0.3) is 0 Å². The Bertz CT molecular complexity index is 422. The van der Waals surface area contributed by atoms with E-state index < -0.39 is 0 Å². The van der Waals surface area contributed by atoms with Crippen LogP contribution >= 0.6 is 0 Å². The Morgan fingerprint density at radius 3 is 2.65 bits per heavy atom. The Labute approximate surface area is 101 Å². The summed E-state index contributed by atoms with van der Waals surface area (Å²) in [7, 11) is 1.39. The van der Waals surface area contributed by atoms with Gasteiger partial charge in [0.15, 0.2) is 0 Å². The van der Waals surface area contributed by atoms with Gasteiger partial charge in [0, 0.05) is 0 Å². The third kappa shape index (κ3) is 2.39. The standard InChI is InChI=1S/C14H16O3/c1-3-11-9-12(14(15)16-2)13(17-11)10-7-5-4-6-8-10/h4-9,11,13H,3H2,1-2H3/t11-,13+/m1/s1. The minimum Gasteiger partial charge on any atom is -0.466 e. The maximum Gasteiger partial charge on any atom is 0.336 e. The number of carbonyl (C=O) groups is 1. The zero-order valence-corrected chi connectivity index (χ0v) is 10.1. The molecule has 0 unspecified atom stereocenters. The van der Waals surface area contributed by atoms with Gasteiger partial charge in [-0.05, 0) is 18.1 Å². The van der Waals surface area contributed by atoms with Crippen LogP contribution in [-0.2, 0) is 14.3 Å². The number of ether oxygens (including phenoxy) is 2. The lowest BCUT2D eigenvalue weighted by Crippen LogP contribution is -2.12. The fourth-order valence-corrected chi connectivity index (χ4v) is 1.97. The molecule has 17 heavy (non-hydrogen) atoms. The number of rotatable bonds is 3. The molecule has 1 aromatic carbocycles. The van der Waals surface area contributed by atoms with E-state index in [1.807, 2.05) is 43.3 Å². The number of methoxy groups -OCH3 is 1. The molecular formula is C14H16O3. The van der Waals surface area contributed by atoms with Gasteiger partial charge in [0.25, 0.3) is 0 Å². The Hall–Kier alpha value is -1.61. The number of benzene rings is 1. The van der Waals surface area contributed by atoms with Crippen LogP contribution in [0.5, 0.6) is 0 Å². The van der Waals surface area contributed by atoms with Crippen LogP contribution in [0.1, 0.15) is 25.0 Å². The summed E-state index contributed by atoms with van der Waals surface area (Å²) in [4.78, 5) is 11.7. The molecule has 0 aliphatic carbocycles. The number of carbonyl (C=O) groups excluding carboxylic acids is 1. The van der Waals surface area contributed by atoms with Crippen LogP contribution in [0.3, 0.4) is 0 Å². The minimum absolute atomic E-state index is 0.00527. The minimum atomic E-state index is -0.310. The van der Waals surface area contributed by atoms with Crippen molar-refractivity contribution in [2.45, 2.75) is 25.6 Å². The van der Waals surface area contributed by atoms with Crippen molar-refractivity contribution in [3.63, 3.8) is 0 Å². The number of hydrogen-bond acceptors (Lipinski definition) is 3. The molecule has 0 saturated heterocycles. The third-order valence-electron chi connectivity index (χ3n) is 2.88. The normalized spacial score (nSPS) is 23.3. The molecule has 0 radical (unpaired) electrons. The monoisotopic (exact) mass is 232 g/mol. The summed E-state index contributed by atoms with van der Waals surface area (Å²) in [6, 6.07) is 9.73. The van der Waals surface area contributed by atoms with Gasteiger partial charge in [0.1, 0.15) is 6.10 Å². The Morgan fingerprint density at radius 1 is 1.35 bits per heavy atom. The van der Waals surface area contributed by atoms with E-state index >= 15 is 0 Å². The summed E-state index contributed by atoms with van der Waals surface area (Å²) >= 11 is 0. The van der Waals surface area contributed by atoms with E-state index in [1.165, 1.54) is 7.11 Å². The fourth-order valence-electron chi connectivity index (χ4n) is 1.97. The van der Waals surface area contributed by atoms with E-state index in [2.05, 4.69) is 0 Å². The molecule has 0 bridgehead atoms. The van der Waals surface area contributed by atoms with Crippen LogP contribution in [0.15, 0.2) is 42.0 Å². The lowest BCUT2D eigenvalue weighted by molar-refractivity contribution is -0.137. The van der Waals surface area contributed by atoms with Gasteiger partial charge in [-0.2, -0.15) is 0 Å². The van der Waals surface area contributed by atoms with Gasteiger partial charge in [0.05, 0.1) is 18.8 Å². The molecule has 3 heteroatoms. The zero-order chi connectivity index (χ0) is 12.3. The van der Waals surface area contributed by atoms with Crippen molar-refractivity contribution in [2.24, 2.45) is 0 Å².